The number of para-hydroxylation sites is 2. The van der Waals surface area contributed by atoms with Crippen molar-refractivity contribution in [1.29, 1.82) is 0 Å². The highest BCUT2D eigenvalue weighted by molar-refractivity contribution is 7.80. The van der Waals surface area contributed by atoms with Crippen molar-refractivity contribution < 1.29 is 58.2 Å². The fourth-order valence-corrected chi connectivity index (χ4v) is 8.00. The second kappa shape index (κ2) is 24.1. The van der Waals surface area contributed by atoms with E-state index in [1.165, 1.54) is 0 Å². The number of aromatic nitrogens is 2. The number of nitrogens with one attached hydrogen (secondary N) is 10. The second-order valence-electron chi connectivity index (χ2n) is 16.5. The number of hydrogen-bond acceptors (Lipinski definition) is 12. The number of carbonyl (C=O) groups excluding carboxylic acids is 8. The van der Waals surface area contributed by atoms with Gasteiger partial charge in [0.05, 0.1) is 19.4 Å². The van der Waals surface area contributed by atoms with Crippen LogP contribution in [0.4, 0.5) is 0 Å². The monoisotopic (exact) mass is 978 g/mol. The maximum atomic E-state index is 14.2. The summed E-state index contributed by atoms with van der Waals surface area (Å²) >= 11 is 8.51. The second-order valence-corrected chi connectivity index (χ2v) is 17.3. The van der Waals surface area contributed by atoms with Gasteiger partial charge >= 0.3 is 11.9 Å². The third-order valence-corrected chi connectivity index (χ3v) is 11.6. The topological polar surface area (TPSA) is 339 Å². The summed E-state index contributed by atoms with van der Waals surface area (Å²) in [5.74, 6) is -11.9. The Morgan fingerprint density at radius 2 is 0.897 bits per heavy atom. The number of H-pyrrole nitrogens is 2. The molecule has 1 fully saturated rings. The van der Waals surface area contributed by atoms with Gasteiger partial charge in [-0.15, -0.1) is 0 Å². The maximum absolute atomic E-state index is 14.2. The number of carboxylic acid groups (broad SMARTS) is 2. The molecule has 0 spiro atoms. The molecule has 4 aromatic rings. The van der Waals surface area contributed by atoms with Crippen molar-refractivity contribution in [3.63, 3.8) is 0 Å². The Kier molecular flexibility index (Phi) is 18.4. The zero-order valence-electron chi connectivity index (χ0n) is 36.9. The predicted molar refractivity (Wildman–Crippen MR) is 252 cm³/mol. The molecule has 24 heteroatoms. The first kappa shape index (κ1) is 51.9. The fraction of sp³-hybridized carbons (Fsp3) is 0.409. The highest BCUT2D eigenvalue weighted by atomic mass is 32.1. The van der Waals surface area contributed by atoms with Crippen LogP contribution in [-0.2, 0) is 60.8 Å². The SMILES string of the molecule is CC(C)C[C@@H]1NC(=O)[C@H](Cc2c[nH]c3ccccc23)NC(=O)CNC(=O)[C@H](CC(=O)O)NC(=O)[C@H](CC(=O)O)NC(=O)[C@H](Cc2c[nH]c3ccccc23)NC(=O)[C@H](CS)NC(=O)[C@H](CS)NC1=O. The molecule has 0 radical (unpaired) electrons. The van der Waals surface area contributed by atoms with Gasteiger partial charge in [-0.1, -0.05) is 50.2 Å². The Morgan fingerprint density at radius 3 is 1.35 bits per heavy atom. The van der Waals surface area contributed by atoms with E-state index < -0.39 is 121 Å². The van der Waals surface area contributed by atoms with Gasteiger partial charge in [-0.3, -0.25) is 47.9 Å². The van der Waals surface area contributed by atoms with Gasteiger partial charge in [0.15, 0.2) is 0 Å². The summed E-state index contributed by atoms with van der Waals surface area (Å²) in [5, 5.41) is 40.3. The van der Waals surface area contributed by atoms with Crippen LogP contribution in [0.15, 0.2) is 60.9 Å². The predicted octanol–water partition coefficient (Wildman–Crippen LogP) is -1.19. The van der Waals surface area contributed by atoms with E-state index in [9.17, 15) is 58.2 Å². The molecule has 7 atom stereocenters. The van der Waals surface area contributed by atoms with E-state index in [4.69, 9.17) is 0 Å². The molecule has 0 unspecified atom stereocenters. The highest BCUT2D eigenvalue weighted by Gasteiger charge is 2.36. The average Bonchev–Trinajstić information content (AvgIpc) is 3.90. The summed E-state index contributed by atoms with van der Waals surface area (Å²) in [6.07, 6.45) is 0.771. The molecule has 3 heterocycles. The first-order valence-corrected chi connectivity index (χ1v) is 22.8. The summed E-state index contributed by atoms with van der Waals surface area (Å²) < 4.78 is 0. The molecule has 12 N–H and O–H groups in total. The highest BCUT2D eigenvalue weighted by Crippen LogP contribution is 2.21. The van der Waals surface area contributed by atoms with Crippen molar-refractivity contribution in [3.8, 4) is 0 Å². The van der Waals surface area contributed by atoms with Crippen LogP contribution >= 0.6 is 25.3 Å². The molecule has 68 heavy (non-hydrogen) atoms. The van der Waals surface area contributed by atoms with Crippen LogP contribution in [0.25, 0.3) is 21.8 Å². The van der Waals surface area contributed by atoms with Gasteiger partial charge < -0.3 is 62.7 Å². The number of benzene rings is 2. The Balaban J connectivity index is 1.52. The van der Waals surface area contributed by atoms with Crippen molar-refractivity contribution in [1.82, 2.24) is 52.5 Å². The minimum Gasteiger partial charge on any atom is -0.481 e. The van der Waals surface area contributed by atoms with E-state index >= 15 is 0 Å². The Morgan fingerprint density at radius 1 is 0.529 bits per heavy atom. The van der Waals surface area contributed by atoms with Gasteiger partial charge in [-0.2, -0.15) is 25.3 Å². The molecular formula is C44H54N10O12S2. The van der Waals surface area contributed by atoms with Crippen LogP contribution in [-0.4, -0.2) is 140 Å². The summed E-state index contributed by atoms with van der Waals surface area (Å²) in [4.78, 5) is 141. The molecule has 0 bridgehead atoms. The normalized spacial score (nSPS) is 23.3. The first-order chi connectivity index (χ1) is 32.4. The van der Waals surface area contributed by atoms with Crippen molar-refractivity contribution in [2.45, 2.75) is 88.2 Å². The molecule has 364 valence electrons. The molecule has 0 saturated carbocycles. The quantitative estimate of drug-likeness (QED) is 0.0746. The van der Waals surface area contributed by atoms with Crippen LogP contribution in [0.5, 0.6) is 0 Å². The number of fused-ring (bicyclic) bond motifs is 2. The molecule has 22 nitrogen and oxygen atoms in total. The molecule has 1 aliphatic rings. The Hall–Kier alpha value is -7.08. The van der Waals surface area contributed by atoms with Crippen LogP contribution in [0.1, 0.15) is 44.2 Å². The van der Waals surface area contributed by atoms with Gasteiger partial charge in [-0.25, -0.2) is 0 Å². The van der Waals surface area contributed by atoms with E-state index in [0.29, 0.717) is 27.4 Å². The lowest BCUT2D eigenvalue weighted by molar-refractivity contribution is -0.143. The smallest absolute Gasteiger partial charge is 0.305 e. The lowest BCUT2D eigenvalue weighted by atomic mass is 10.0. The standard InChI is InChI=1S/C44H54N10O12S2/c1-21(2)11-28-39(61)53-34(20-68)44(66)54-33(19-67)43(65)50-30(13-23-17-46-27-10-6-4-8-25(23)27)41(63)52-32(15-37(58)59)42(64)51-31(14-36(56)57)38(60)47-18-35(55)48-29(40(62)49-28)12-22-16-45-26-9-5-3-7-24(22)26/h3-10,16-17,21,28-34,45-46,67-68H,11-15,18-20H2,1-2H3,(H,47,60)(H,48,55)(H,49,62)(H,50,65)(H,51,64)(H,52,63)(H,53,61)(H,54,66)(H,56,57)(H,58,59)/t28-,29-,30-,31-,32-,33-,34-/m0/s1. The number of rotatable bonds is 12. The molecular weight excluding hydrogens is 925 g/mol. The molecule has 0 aliphatic carbocycles. The van der Waals surface area contributed by atoms with Crippen LogP contribution < -0.4 is 42.5 Å². The Labute approximate surface area is 399 Å². The van der Waals surface area contributed by atoms with Crippen molar-refractivity contribution >= 4 is 106 Å². The summed E-state index contributed by atoms with van der Waals surface area (Å²) in [7, 11) is 0. The maximum Gasteiger partial charge on any atom is 0.305 e. The number of thiol groups is 2. The lowest BCUT2D eigenvalue weighted by Gasteiger charge is -2.28. The number of carboxylic acids is 2. The zero-order chi connectivity index (χ0) is 49.7. The van der Waals surface area contributed by atoms with Crippen LogP contribution in [0.3, 0.4) is 0 Å². The molecule has 2 aromatic carbocycles. The van der Waals surface area contributed by atoms with Crippen LogP contribution in [0, 0.1) is 5.92 Å². The minimum atomic E-state index is -1.95. The van der Waals surface area contributed by atoms with E-state index in [1.807, 2.05) is 0 Å². The van der Waals surface area contributed by atoms with Gasteiger partial charge in [0.25, 0.3) is 0 Å². The molecule has 2 aromatic heterocycles. The minimum absolute atomic E-state index is 0.0633. The molecule has 5 rings (SSSR count). The summed E-state index contributed by atoms with van der Waals surface area (Å²) in [6, 6.07) is 3.18. The molecule has 1 aliphatic heterocycles. The summed E-state index contributed by atoms with van der Waals surface area (Å²) in [6.45, 7) is 2.72. The van der Waals surface area contributed by atoms with Gasteiger partial charge in [0.1, 0.15) is 42.3 Å². The van der Waals surface area contributed by atoms with E-state index in [-0.39, 0.29) is 36.7 Å². The van der Waals surface area contributed by atoms with E-state index in [0.717, 1.165) is 5.52 Å². The fourth-order valence-electron chi connectivity index (χ4n) is 7.49. The third-order valence-electron chi connectivity index (χ3n) is 10.9. The lowest BCUT2D eigenvalue weighted by Crippen LogP contribution is -2.61. The number of aliphatic carboxylic acids is 2. The van der Waals surface area contributed by atoms with Gasteiger partial charge in [-0.05, 0) is 35.6 Å². The van der Waals surface area contributed by atoms with Gasteiger partial charge in [0.2, 0.25) is 47.3 Å². The number of hydrogen-bond donors (Lipinski definition) is 14. The summed E-state index contributed by atoms with van der Waals surface area (Å²) in [5.41, 5.74) is 2.49. The molecule has 1 saturated heterocycles. The number of amides is 8. The number of aromatic amines is 2. The van der Waals surface area contributed by atoms with Crippen molar-refractivity contribution in [3.05, 3.63) is 72.1 Å². The van der Waals surface area contributed by atoms with E-state index in [2.05, 4.69) is 77.8 Å². The Bertz CT molecular complexity index is 2550. The first-order valence-electron chi connectivity index (χ1n) is 21.5. The third kappa shape index (κ3) is 14.2. The zero-order valence-corrected chi connectivity index (χ0v) is 38.7. The van der Waals surface area contributed by atoms with Crippen LogP contribution in [0.2, 0.25) is 0 Å². The van der Waals surface area contributed by atoms with E-state index in [1.54, 1.807) is 74.8 Å². The molecule has 8 amide bonds. The average molecular weight is 979 g/mol. The van der Waals surface area contributed by atoms with Crippen molar-refractivity contribution in [2.24, 2.45) is 5.92 Å². The van der Waals surface area contributed by atoms with Gasteiger partial charge in [0, 0.05) is 58.5 Å². The van der Waals surface area contributed by atoms with Crippen molar-refractivity contribution in [2.75, 3.05) is 18.1 Å². The largest absolute Gasteiger partial charge is 0.481 e. The number of carbonyl (C=O) groups is 10.